The van der Waals surface area contributed by atoms with Crippen molar-refractivity contribution in [2.24, 2.45) is 0 Å². The minimum atomic E-state index is -0.986. The maximum absolute atomic E-state index is 12.2. The summed E-state index contributed by atoms with van der Waals surface area (Å²) in [6.07, 6.45) is 0. The molecule has 0 fully saturated rings. The second-order valence-electron chi connectivity index (χ2n) is 6.26. The summed E-state index contributed by atoms with van der Waals surface area (Å²) in [5.74, 6) is 0.499. The number of urea groups is 1. The monoisotopic (exact) mass is 372 g/mol. The summed E-state index contributed by atoms with van der Waals surface area (Å²) in [6, 6.07) is 9.42. The van der Waals surface area contributed by atoms with Crippen LogP contribution in [-0.4, -0.2) is 31.3 Å². The van der Waals surface area contributed by atoms with Crippen LogP contribution in [0.4, 0.5) is 10.5 Å². The van der Waals surface area contributed by atoms with Gasteiger partial charge in [0.05, 0.1) is 19.8 Å². The van der Waals surface area contributed by atoms with Crippen molar-refractivity contribution in [3.05, 3.63) is 53.1 Å². The summed E-state index contributed by atoms with van der Waals surface area (Å²) in [6.45, 7) is 4.34. The van der Waals surface area contributed by atoms with Gasteiger partial charge in [0.2, 0.25) is 0 Å². The zero-order valence-electron chi connectivity index (χ0n) is 15.8. The van der Waals surface area contributed by atoms with Crippen molar-refractivity contribution in [2.45, 2.75) is 26.3 Å². The van der Waals surface area contributed by atoms with Gasteiger partial charge in [-0.15, -0.1) is 0 Å². The molecule has 0 bridgehead atoms. The number of hydrogen-bond acceptors (Lipinski definition) is 4. The number of carbonyl (C=O) groups is 2. The van der Waals surface area contributed by atoms with Crippen LogP contribution in [-0.2, 0) is 6.54 Å². The third kappa shape index (κ3) is 5.13. The largest absolute Gasteiger partial charge is 0.496 e. The van der Waals surface area contributed by atoms with Crippen molar-refractivity contribution in [1.29, 1.82) is 0 Å². The average molecular weight is 372 g/mol. The molecule has 0 aliphatic heterocycles. The van der Waals surface area contributed by atoms with E-state index in [1.807, 2.05) is 13.8 Å². The van der Waals surface area contributed by atoms with Crippen LogP contribution in [0, 0.1) is 0 Å². The van der Waals surface area contributed by atoms with E-state index < -0.39 is 12.0 Å². The third-order valence-electron chi connectivity index (χ3n) is 4.03. The number of rotatable bonds is 7. The Morgan fingerprint density at radius 1 is 1.04 bits per heavy atom. The summed E-state index contributed by atoms with van der Waals surface area (Å²) in [7, 11) is 3.15. The zero-order chi connectivity index (χ0) is 20.0. The number of hydrogen-bond donors (Lipinski definition) is 3. The number of nitrogens with one attached hydrogen (secondary N) is 2. The van der Waals surface area contributed by atoms with Crippen LogP contribution in [0.15, 0.2) is 36.4 Å². The molecule has 0 atom stereocenters. The lowest BCUT2D eigenvalue weighted by Gasteiger charge is -2.18. The Morgan fingerprint density at radius 2 is 1.59 bits per heavy atom. The van der Waals surface area contributed by atoms with Crippen LogP contribution >= 0.6 is 0 Å². The first-order valence-electron chi connectivity index (χ1n) is 8.48. The van der Waals surface area contributed by atoms with E-state index in [-0.39, 0.29) is 18.0 Å². The summed E-state index contributed by atoms with van der Waals surface area (Å²) >= 11 is 0. The van der Waals surface area contributed by atoms with E-state index in [9.17, 15) is 9.59 Å². The molecule has 7 nitrogen and oxygen atoms in total. The SMILES string of the molecule is COc1cc(NC(=O)NCc2ccc(C(=O)O)cc2)cc(OC)c1C(C)C. The molecule has 3 N–H and O–H groups in total. The molecule has 2 aromatic rings. The summed E-state index contributed by atoms with van der Waals surface area (Å²) in [5, 5.41) is 14.4. The molecule has 0 saturated heterocycles. The van der Waals surface area contributed by atoms with Crippen molar-refractivity contribution in [1.82, 2.24) is 5.32 Å². The van der Waals surface area contributed by atoms with E-state index in [1.54, 1.807) is 38.5 Å². The summed E-state index contributed by atoms with van der Waals surface area (Å²) < 4.78 is 10.9. The number of carboxylic acid groups (broad SMARTS) is 1. The van der Waals surface area contributed by atoms with Gasteiger partial charge in [-0.25, -0.2) is 9.59 Å². The molecule has 2 amide bonds. The minimum Gasteiger partial charge on any atom is -0.496 e. The second-order valence-corrected chi connectivity index (χ2v) is 6.26. The standard InChI is InChI=1S/C20H24N2O5/c1-12(2)18-16(26-3)9-15(10-17(18)27-4)22-20(25)21-11-13-5-7-14(8-6-13)19(23)24/h5-10,12H,11H2,1-4H3,(H,23,24)(H2,21,22,25). The number of amides is 2. The molecule has 0 saturated carbocycles. The average Bonchev–Trinajstić information content (AvgIpc) is 2.65. The number of benzene rings is 2. The highest BCUT2D eigenvalue weighted by atomic mass is 16.5. The highest BCUT2D eigenvalue weighted by Crippen LogP contribution is 2.38. The summed E-state index contributed by atoms with van der Waals surface area (Å²) in [5.41, 5.74) is 2.48. The molecule has 0 aliphatic carbocycles. The molecule has 0 aliphatic rings. The van der Waals surface area contributed by atoms with E-state index in [1.165, 1.54) is 12.1 Å². The Hall–Kier alpha value is -3.22. The lowest BCUT2D eigenvalue weighted by Crippen LogP contribution is -2.28. The molecule has 7 heteroatoms. The van der Waals surface area contributed by atoms with E-state index in [0.717, 1.165) is 11.1 Å². The van der Waals surface area contributed by atoms with Crippen molar-refractivity contribution in [3.63, 3.8) is 0 Å². The second kappa shape index (κ2) is 8.93. The topological polar surface area (TPSA) is 96.9 Å². The molecular weight excluding hydrogens is 348 g/mol. The van der Waals surface area contributed by atoms with E-state index in [2.05, 4.69) is 10.6 Å². The van der Waals surface area contributed by atoms with E-state index >= 15 is 0 Å². The Balaban J connectivity index is 2.05. The Morgan fingerprint density at radius 3 is 2.04 bits per heavy atom. The Labute approximate surface area is 158 Å². The predicted molar refractivity (Wildman–Crippen MR) is 103 cm³/mol. The van der Waals surface area contributed by atoms with Crippen LogP contribution in [0.25, 0.3) is 0 Å². The van der Waals surface area contributed by atoms with Gasteiger partial charge in [-0.2, -0.15) is 0 Å². The van der Waals surface area contributed by atoms with Crippen LogP contribution < -0.4 is 20.1 Å². The van der Waals surface area contributed by atoms with Crippen LogP contribution in [0.1, 0.15) is 41.3 Å². The van der Waals surface area contributed by atoms with Crippen molar-refractivity contribution in [3.8, 4) is 11.5 Å². The predicted octanol–water partition coefficient (Wildman–Crippen LogP) is 3.85. The van der Waals surface area contributed by atoms with Crippen LogP contribution in [0.3, 0.4) is 0 Å². The smallest absolute Gasteiger partial charge is 0.335 e. The number of aromatic carboxylic acids is 1. The molecule has 2 aromatic carbocycles. The van der Waals surface area contributed by atoms with Gasteiger partial charge in [0.15, 0.2) is 0 Å². The molecule has 27 heavy (non-hydrogen) atoms. The lowest BCUT2D eigenvalue weighted by molar-refractivity contribution is 0.0697. The Bertz CT molecular complexity index is 791. The fourth-order valence-corrected chi connectivity index (χ4v) is 2.70. The maximum Gasteiger partial charge on any atom is 0.335 e. The number of ether oxygens (including phenoxy) is 2. The first-order chi connectivity index (χ1) is 12.8. The first kappa shape index (κ1) is 20.1. The van der Waals surface area contributed by atoms with E-state index in [0.29, 0.717) is 17.2 Å². The van der Waals surface area contributed by atoms with Crippen molar-refractivity contribution < 1.29 is 24.2 Å². The minimum absolute atomic E-state index is 0.201. The molecule has 144 valence electrons. The maximum atomic E-state index is 12.2. The fraction of sp³-hybridized carbons (Fsp3) is 0.300. The molecule has 0 aromatic heterocycles. The van der Waals surface area contributed by atoms with Gasteiger partial charge in [0.1, 0.15) is 11.5 Å². The van der Waals surface area contributed by atoms with Gasteiger partial charge in [-0.3, -0.25) is 0 Å². The van der Waals surface area contributed by atoms with Crippen molar-refractivity contribution in [2.75, 3.05) is 19.5 Å². The molecule has 0 unspecified atom stereocenters. The number of anilines is 1. The van der Waals surface area contributed by atoms with Crippen LogP contribution in [0.5, 0.6) is 11.5 Å². The molecule has 2 rings (SSSR count). The quantitative estimate of drug-likeness (QED) is 0.686. The van der Waals surface area contributed by atoms with Gasteiger partial charge >= 0.3 is 12.0 Å². The van der Waals surface area contributed by atoms with E-state index in [4.69, 9.17) is 14.6 Å². The number of methoxy groups -OCH3 is 2. The Kier molecular flexibility index (Phi) is 6.65. The van der Waals surface area contributed by atoms with Gasteiger partial charge < -0.3 is 25.2 Å². The van der Waals surface area contributed by atoms with Crippen molar-refractivity contribution >= 4 is 17.7 Å². The normalized spacial score (nSPS) is 10.4. The third-order valence-corrected chi connectivity index (χ3v) is 4.03. The molecule has 0 radical (unpaired) electrons. The molecular formula is C20H24N2O5. The van der Waals surface area contributed by atoms with Gasteiger partial charge in [-0.1, -0.05) is 26.0 Å². The first-order valence-corrected chi connectivity index (χ1v) is 8.48. The molecule has 0 heterocycles. The molecule has 0 spiro atoms. The highest BCUT2D eigenvalue weighted by Gasteiger charge is 2.16. The van der Waals surface area contributed by atoms with Gasteiger partial charge in [-0.05, 0) is 23.6 Å². The lowest BCUT2D eigenvalue weighted by atomic mass is 10.00. The number of carboxylic acids is 1. The number of carbonyl (C=O) groups excluding carboxylic acids is 1. The highest BCUT2D eigenvalue weighted by molar-refractivity contribution is 5.90. The van der Waals surface area contributed by atoms with Gasteiger partial charge in [0, 0.05) is 29.9 Å². The fourth-order valence-electron chi connectivity index (χ4n) is 2.70. The van der Waals surface area contributed by atoms with Gasteiger partial charge in [0.25, 0.3) is 0 Å². The zero-order valence-corrected chi connectivity index (χ0v) is 15.8. The summed E-state index contributed by atoms with van der Waals surface area (Å²) in [4.78, 5) is 23.0. The van der Waals surface area contributed by atoms with Crippen LogP contribution in [0.2, 0.25) is 0 Å².